The number of benzene rings is 2. The maximum atomic E-state index is 13.1. The summed E-state index contributed by atoms with van der Waals surface area (Å²) in [5.74, 6) is -0.0312. The lowest BCUT2D eigenvalue weighted by atomic mass is 10.0. The largest absolute Gasteiger partial charge is 0.390 e. The third-order valence-electron chi connectivity index (χ3n) is 5.94. The Bertz CT molecular complexity index is 1040. The van der Waals surface area contributed by atoms with Crippen LogP contribution in [0.2, 0.25) is 10.0 Å². The quantitative estimate of drug-likeness (QED) is 0.419. The van der Waals surface area contributed by atoms with Gasteiger partial charge in [0.25, 0.3) is 0 Å². The van der Waals surface area contributed by atoms with Gasteiger partial charge in [-0.1, -0.05) is 35.3 Å². The van der Waals surface area contributed by atoms with E-state index in [0.717, 1.165) is 62.7 Å². The van der Waals surface area contributed by atoms with Crippen LogP contribution in [0.3, 0.4) is 0 Å². The van der Waals surface area contributed by atoms with Crippen LogP contribution in [0.5, 0.6) is 0 Å². The number of nitrogen functional groups attached to an aromatic ring is 1. The van der Waals surface area contributed by atoms with Crippen molar-refractivity contribution in [2.24, 2.45) is 0 Å². The normalized spacial score (nSPS) is 15.2. The van der Waals surface area contributed by atoms with Gasteiger partial charge in [0.15, 0.2) is 5.78 Å². The first-order valence-electron chi connectivity index (χ1n) is 10.8. The van der Waals surface area contributed by atoms with Crippen LogP contribution in [0.25, 0.3) is 0 Å². The van der Waals surface area contributed by atoms with Crippen LogP contribution < -0.4 is 5.73 Å². The number of hydrogen-bond acceptors (Lipinski definition) is 5. The Kier molecular flexibility index (Phi) is 7.87. The van der Waals surface area contributed by atoms with Crippen LogP contribution in [-0.2, 0) is 13.0 Å². The maximum Gasteiger partial charge on any atom is 0.196 e. The molecule has 3 aromatic rings. The van der Waals surface area contributed by atoms with E-state index in [9.17, 15) is 4.79 Å². The second kappa shape index (κ2) is 10.8. The summed E-state index contributed by atoms with van der Waals surface area (Å²) >= 11 is 13.4. The number of aryl methyl sites for hydroxylation is 1. The maximum absolute atomic E-state index is 13.1. The van der Waals surface area contributed by atoms with Crippen molar-refractivity contribution in [2.45, 2.75) is 19.4 Å². The average Bonchev–Trinajstić information content (AvgIpc) is 3.16. The molecule has 0 unspecified atom stereocenters. The molecule has 1 aromatic heterocycles. The van der Waals surface area contributed by atoms with Crippen LogP contribution in [0.15, 0.2) is 53.9 Å². The summed E-state index contributed by atoms with van der Waals surface area (Å²) in [5, 5.41) is 4.01. The summed E-state index contributed by atoms with van der Waals surface area (Å²) in [6.45, 7) is 5.92. The Morgan fingerprint density at radius 1 is 0.906 bits per heavy atom. The lowest BCUT2D eigenvalue weighted by molar-refractivity contribution is 0.103. The highest BCUT2D eigenvalue weighted by Gasteiger charge is 2.23. The molecular formula is C25H27Cl2N3OS. The van der Waals surface area contributed by atoms with E-state index >= 15 is 0 Å². The van der Waals surface area contributed by atoms with Crippen molar-refractivity contribution in [3.05, 3.63) is 86.2 Å². The fourth-order valence-corrected chi connectivity index (χ4v) is 5.16. The van der Waals surface area contributed by atoms with Crippen molar-refractivity contribution in [2.75, 3.05) is 38.5 Å². The summed E-state index contributed by atoms with van der Waals surface area (Å²) in [7, 11) is 0. The molecule has 0 spiro atoms. The van der Waals surface area contributed by atoms with E-state index in [1.807, 2.05) is 17.5 Å². The third-order valence-corrected chi connectivity index (χ3v) is 7.31. The fraction of sp³-hybridized carbons (Fsp3) is 0.320. The van der Waals surface area contributed by atoms with Gasteiger partial charge < -0.3 is 10.6 Å². The minimum absolute atomic E-state index is 0.0312. The number of rotatable bonds is 8. The SMILES string of the molecule is Nc1scc(CN2CCN(CCCc3ccc(Cl)cc3)CC2)c1C(=O)c1ccc(Cl)cc1. The highest BCUT2D eigenvalue weighted by molar-refractivity contribution is 7.14. The Morgan fingerprint density at radius 2 is 1.50 bits per heavy atom. The first-order chi connectivity index (χ1) is 15.5. The number of hydrogen-bond donors (Lipinski definition) is 1. The molecule has 2 N–H and O–H groups in total. The van der Waals surface area contributed by atoms with Gasteiger partial charge >= 0.3 is 0 Å². The molecule has 0 saturated carbocycles. The molecule has 1 saturated heterocycles. The van der Waals surface area contributed by atoms with E-state index in [1.165, 1.54) is 16.9 Å². The number of anilines is 1. The molecule has 1 fully saturated rings. The number of nitrogens with zero attached hydrogens (tertiary/aromatic N) is 2. The molecular weight excluding hydrogens is 461 g/mol. The molecule has 1 aliphatic rings. The van der Waals surface area contributed by atoms with E-state index in [-0.39, 0.29) is 5.78 Å². The Morgan fingerprint density at radius 3 is 2.16 bits per heavy atom. The van der Waals surface area contributed by atoms with E-state index < -0.39 is 0 Å². The van der Waals surface area contributed by atoms with Gasteiger partial charge in [0.2, 0.25) is 0 Å². The van der Waals surface area contributed by atoms with Crippen LogP contribution in [-0.4, -0.2) is 48.3 Å². The monoisotopic (exact) mass is 487 g/mol. The van der Waals surface area contributed by atoms with Gasteiger partial charge in [-0.05, 0) is 72.3 Å². The fourth-order valence-electron chi connectivity index (χ4n) is 4.10. The minimum Gasteiger partial charge on any atom is -0.390 e. The Labute approximate surface area is 203 Å². The van der Waals surface area contributed by atoms with Crippen molar-refractivity contribution >= 4 is 45.3 Å². The first-order valence-corrected chi connectivity index (χ1v) is 12.5. The van der Waals surface area contributed by atoms with Gasteiger partial charge in [-0.2, -0.15) is 0 Å². The molecule has 0 radical (unpaired) electrons. The molecule has 0 amide bonds. The number of ketones is 1. The van der Waals surface area contributed by atoms with Crippen LogP contribution >= 0.6 is 34.5 Å². The second-order valence-electron chi connectivity index (χ2n) is 8.18. The summed E-state index contributed by atoms with van der Waals surface area (Å²) in [6.07, 6.45) is 2.21. The molecule has 7 heteroatoms. The van der Waals surface area contributed by atoms with E-state index in [0.29, 0.717) is 21.2 Å². The van der Waals surface area contributed by atoms with Crippen LogP contribution in [0.1, 0.15) is 33.5 Å². The summed E-state index contributed by atoms with van der Waals surface area (Å²) in [6, 6.07) is 15.1. The van der Waals surface area contributed by atoms with Gasteiger partial charge in [0, 0.05) is 48.3 Å². The topological polar surface area (TPSA) is 49.6 Å². The molecule has 2 heterocycles. The Balaban J connectivity index is 1.28. The van der Waals surface area contributed by atoms with Gasteiger partial charge in [0.1, 0.15) is 0 Å². The molecule has 4 nitrogen and oxygen atoms in total. The predicted molar refractivity (Wildman–Crippen MR) is 135 cm³/mol. The summed E-state index contributed by atoms with van der Waals surface area (Å²) < 4.78 is 0. The number of carbonyl (C=O) groups excluding carboxylic acids is 1. The van der Waals surface area contributed by atoms with Crippen molar-refractivity contribution in [3.8, 4) is 0 Å². The molecule has 4 rings (SSSR count). The van der Waals surface area contributed by atoms with Crippen LogP contribution in [0.4, 0.5) is 5.00 Å². The Hall–Kier alpha value is -1.89. The second-order valence-corrected chi connectivity index (χ2v) is 9.97. The smallest absolute Gasteiger partial charge is 0.196 e. The first kappa shape index (κ1) is 23.3. The molecule has 32 heavy (non-hydrogen) atoms. The van der Waals surface area contributed by atoms with Crippen molar-refractivity contribution < 1.29 is 4.79 Å². The van der Waals surface area contributed by atoms with Crippen molar-refractivity contribution in [1.82, 2.24) is 9.80 Å². The number of halogens is 2. The highest BCUT2D eigenvalue weighted by Crippen LogP contribution is 2.29. The van der Waals surface area contributed by atoms with E-state index in [2.05, 4.69) is 21.9 Å². The average molecular weight is 488 g/mol. The number of nitrogens with two attached hydrogens (primary N) is 1. The predicted octanol–water partition coefficient (Wildman–Crippen LogP) is 5.62. The van der Waals surface area contributed by atoms with Crippen LogP contribution in [0, 0.1) is 0 Å². The number of piperazine rings is 1. The zero-order chi connectivity index (χ0) is 22.5. The molecule has 0 atom stereocenters. The van der Waals surface area contributed by atoms with E-state index in [1.54, 1.807) is 24.3 Å². The standard InChI is InChI=1S/C25H27Cl2N3OS/c26-21-7-3-18(4-8-21)2-1-11-29-12-14-30(15-13-29)16-20-17-32-25(28)23(20)24(31)19-5-9-22(27)10-6-19/h3-10,17H,1-2,11-16,28H2. The van der Waals surface area contributed by atoms with Gasteiger partial charge in [-0.3, -0.25) is 9.69 Å². The van der Waals surface area contributed by atoms with Crippen molar-refractivity contribution in [1.29, 1.82) is 0 Å². The minimum atomic E-state index is -0.0312. The molecule has 0 aliphatic carbocycles. The summed E-state index contributed by atoms with van der Waals surface area (Å²) in [5.41, 5.74) is 9.80. The lowest BCUT2D eigenvalue weighted by Crippen LogP contribution is -2.46. The third kappa shape index (κ3) is 5.91. The molecule has 2 aromatic carbocycles. The zero-order valence-corrected chi connectivity index (χ0v) is 20.2. The zero-order valence-electron chi connectivity index (χ0n) is 17.9. The lowest BCUT2D eigenvalue weighted by Gasteiger charge is -2.34. The molecule has 168 valence electrons. The summed E-state index contributed by atoms with van der Waals surface area (Å²) in [4.78, 5) is 18.0. The van der Waals surface area contributed by atoms with E-state index in [4.69, 9.17) is 28.9 Å². The number of thiophene rings is 1. The number of carbonyl (C=O) groups is 1. The highest BCUT2D eigenvalue weighted by atomic mass is 35.5. The van der Waals surface area contributed by atoms with Crippen molar-refractivity contribution in [3.63, 3.8) is 0 Å². The van der Waals surface area contributed by atoms with Gasteiger partial charge in [-0.15, -0.1) is 11.3 Å². The van der Waals surface area contributed by atoms with Gasteiger partial charge in [0.05, 0.1) is 10.6 Å². The molecule has 1 aliphatic heterocycles. The van der Waals surface area contributed by atoms with Gasteiger partial charge in [-0.25, -0.2) is 0 Å². The molecule has 0 bridgehead atoms.